The van der Waals surface area contributed by atoms with Gasteiger partial charge in [-0.15, -0.1) is 0 Å². The molecule has 132 valence electrons. The fraction of sp³-hybridized carbons (Fsp3) is 0.222. The average molecular weight is 369 g/mol. The minimum absolute atomic E-state index is 0.0533. The van der Waals surface area contributed by atoms with E-state index in [1.807, 2.05) is 29.2 Å². The van der Waals surface area contributed by atoms with E-state index in [4.69, 9.17) is 11.6 Å². The van der Waals surface area contributed by atoms with E-state index in [0.29, 0.717) is 24.5 Å². The summed E-state index contributed by atoms with van der Waals surface area (Å²) in [6, 6.07) is 11.3. The zero-order chi connectivity index (χ0) is 17.9. The molecule has 2 aromatic heterocycles. The number of hydrogen-bond donors (Lipinski definition) is 0. The number of benzene rings is 1. The number of halogens is 1. The fourth-order valence-corrected chi connectivity index (χ4v) is 3.35. The van der Waals surface area contributed by atoms with Gasteiger partial charge in [0.25, 0.3) is 5.91 Å². The van der Waals surface area contributed by atoms with Crippen LogP contribution in [0.3, 0.4) is 0 Å². The zero-order valence-electron chi connectivity index (χ0n) is 14.0. The molecule has 1 amide bonds. The van der Waals surface area contributed by atoms with Gasteiger partial charge in [0.2, 0.25) is 0 Å². The molecule has 4 rings (SSSR count). The van der Waals surface area contributed by atoms with Crippen molar-refractivity contribution in [3.05, 3.63) is 65.8 Å². The maximum absolute atomic E-state index is 13.0. The van der Waals surface area contributed by atoms with Crippen molar-refractivity contribution in [1.82, 2.24) is 24.6 Å². The number of carbonyl (C=O) groups excluding carboxylic acids is 1. The minimum atomic E-state index is -0.0533. The van der Waals surface area contributed by atoms with Gasteiger partial charge in [0.1, 0.15) is 12.7 Å². The monoisotopic (exact) mass is 368 g/mol. The molecular formula is C18H17ClN6O. The van der Waals surface area contributed by atoms with Crippen LogP contribution in [0.1, 0.15) is 10.4 Å². The number of piperazine rings is 1. The number of nitrogens with zero attached hydrogens (tertiary/aromatic N) is 6. The normalized spacial score (nSPS) is 14.5. The molecule has 3 aromatic rings. The summed E-state index contributed by atoms with van der Waals surface area (Å²) in [6.45, 7) is 2.70. The van der Waals surface area contributed by atoms with Gasteiger partial charge in [0.05, 0.1) is 16.3 Å². The largest absolute Gasteiger partial charge is 0.367 e. The third kappa shape index (κ3) is 3.13. The van der Waals surface area contributed by atoms with Gasteiger partial charge >= 0.3 is 0 Å². The number of anilines is 1. The summed E-state index contributed by atoms with van der Waals surface area (Å²) in [5.41, 5.74) is 1.52. The Morgan fingerprint density at radius 1 is 1.04 bits per heavy atom. The standard InChI is InChI=1S/C18H17ClN6O/c19-15-5-1-2-6-16(15)23-8-10-24(11-9-23)18(26)14-4-3-7-21-17(14)25-13-20-12-22-25/h1-7,12-13H,8-11H2. The van der Waals surface area contributed by atoms with Crippen LogP contribution in [-0.2, 0) is 0 Å². The molecule has 7 nitrogen and oxygen atoms in total. The summed E-state index contributed by atoms with van der Waals surface area (Å²) in [4.78, 5) is 25.3. The highest BCUT2D eigenvalue weighted by molar-refractivity contribution is 6.33. The second-order valence-corrected chi connectivity index (χ2v) is 6.35. The van der Waals surface area contributed by atoms with E-state index >= 15 is 0 Å². The first-order valence-electron chi connectivity index (χ1n) is 8.33. The number of para-hydroxylation sites is 1. The highest BCUT2D eigenvalue weighted by Gasteiger charge is 2.25. The second kappa shape index (κ2) is 7.13. The predicted molar refractivity (Wildman–Crippen MR) is 98.7 cm³/mol. The van der Waals surface area contributed by atoms with Crippen molar-refractivity contribution >= 4 is 23.2 Å². The Kier molecular flexibility index (Phi) is 4.53. The number of aromatic nitrogens is 4. The summed E-state index contributed by atoms with van der Waals surface area (Å²) in [6.07, 6.45) is 4.60. The first-order chi connectivity index (χ1) is 12.7. The molecule has 1 aromatic carbocycles. The Hall–Kier alpha value is -2.93. The van der Waals surface area contributed by atoms with Gasteiger partial charge < -0.3 is 9.80 Å². The van der Waals surface area contributed by atoms with Crippen molar-refractivity contribution in [2.45, 2.75) is 0 Å². The Morgan fingerprint density at radius 3 is 2.58 bits per heavy atom. The van der Waals surface area contributed by atoms with Crippen LogP contribution in [0.2, 0.25) is 5.02 Å². The average Bonchev–Trinajstić information content (AvgIpc) is 3.23. The van der Waals surface area contributed by atoms with Crippen LogP contribution in [0.25, 0.3) is 5.82 Å². The van der Waals surface area contributed by atoms with Gasteiger partial charge in [-0.25, -0.2) is 14.6 Å². The Morgan fingerprint density at radius 2 is 1.85 bits per heavy atom. The van der Waals surface area contributed by atoms with Crippen molar-refractivity contribution in [3.63, 3.8) is 0 Å². The molecular weight excluding hydrogens is 352 g/mol. The lowest BCUT2D eigenvalue weighted by molar-refractivity contribution is 0.0746. The van der Waals surface area contributed by atoms with E-state index in [9.17, 15) is 4.79 Å². The molecule has 1 saturated heterocycles. The summed E-state index contributed by atoms with van der Waals surface area (Å²) in [7, 11) is 0. The zero-order valence-corrected chi connectivity index (χ0v) is 14.8. The SMILES string of the molecule is O=C(c1cccnc1-n1cncn1)N1CCN(c2ccccc2Cl)CC1. The molecule has 1 aliphatic heterocycles. The lowest BCUT2D eigenvalue weighted by Crippen LogP contribution is -2.49. The molecule has 0 bridgehead atoms. The third-order valence-corrected chi connectivity index (χ3v) is 4.73. The number of rotatable bonds is 3. The number of pyridine rings is 1. The topological polar surface area (TPSA) is 67.2 Å². The molecule has 8 heteroatoms. The highest BCUT2D eigenvalue weighted by Crippen LogP contribution is 2.26. The first-order valence-corrected chi connectivity index (χ1v) is 8.70. The molecule has 0 atom stereocenters. The minimum Gasteiger partial charge on any atom is -0.367 e. The molecule has 3 heterocycles. The molecule has 0 N–H and O–H groups in total. The van der Waals surface area contributed by atoms with Gasteiger partial charge in [-0.2, -0.15) is 5.10 Å². The summed E-state index contributed by atoms with van der Waals surface area (Å²) in [5, 5.41) is 4.82. The number of carbonyl (C=O) groups is 1. The van der Waals surface area contributed by atoms with E-state index < -0.39 is 0 Å². The van der Waals surface area contributed by atoms with Crippen molar-refractivity contribution < 1.29 is 4.79 Å². The number of hydrogen-bond acceptors (Lipinski definition) is 5. The molecule has 26 heavy (non-hydrogen) atoms. The van der Waals surface area contributed by atoms with Gasteiger partial charge in [0, 0.05) is 32.4 Å². The van der Waals surface area contributed by atoms with Gasteiger partial charge in [-0.1, -0.05) is 23.7 Å². The molecule has 0 aliphatic carbocycles. The summed E-state index contributed by atoms with van der Waals surface area (Å²) in [5.74, 6) is 0.436. The maximum Gasteiger partial charge on any atom is 0.257 e. The van der Waals surface area contributed by atoms with Gasteiger partial charge in [-0.3, -0.25) is 4.79 Å². The molecule has 1 fully saturated rings. The van der Waals surface area contributed by atoms with Crippen LogP contribution >= 0.6 is 11.6 Å². The number of amides is 1. The summed E-state index contributed by atoms with van der Waals surface area (Å²) < 4.78 is 1.51. The van der Waals surface area contributed by atoms with E-state index in [1.165, 1.54) is 17.3 Å². The predicted octanol–water partition coefficient (Wildman–Crippen LogP) is 2.28. The van der Waals surface area contributed by atoms with E-state index in [2.05, 4.69) is 20.0 Å². The van der Waals surface area contributed by atoms with Crippen LogP contribution in [0.4, 0.5) is 5.69 Å². The lowest BCUT2D eigenvalue weighted by atomic mass is 10.2. The molecule has 0 spiro atoms. The van der Waals surface area contributed by atoms with Crippen LogP contribution < -0.4 is 4.90 Å². The van der Waals surface area contributed by atoms with E-state index in [-0.39, 0.29) is 5.91 Å². The van der Waals surface area contributed by atoms with Crippen LogP contribution in [0, 0.1) is 0 Å². The van der Waals surface area contributed by atoms with Gasteiger partial charge in [-0.05, 0) is 24.3 Å². The Bertz CT molecular complexity index is 906. The summed E-state index contributed by atoms with van der Waals surface area (Å²) >= 11 is 6.28. The molecule has 0 unspecified atom stereocenters. The molecule has 0 radical (unpaired) electrons. The van der Waals surface area contributed by atoms with Crippen molar-refractivity contribution in [3.8, 4) is 5.82 Å². The molecule has 0 saturated carbocycles. The molecule has 1 aliphatic rings. The Balaban J connectivity index is 1.51. The van der Waals surface area contributed by atoms with Crippen molar-refractivity contribution in [1.29, 1.82) is 0 Å². The second-order valence-electron chi connectivity index (χ2n) is 5.95. The third-order valence-electron chi connectivity index (χ3n) is 4.41. The van der Waals surface area contributed by atoms with Crippen LogP contribution in [0.15, 0.2) is 55.2 Å². The highest BCUT2D eigenvalue weighted by atomic mass is 35.5. The van der Waals surface area contributed by atoms with Crippen molar-refractivity contribution in [2.75, 3.05) is 31.1 Å². The van der Waals surface area contributed by atoms with Crippen molar-refractivity contribution in [2.24, 2.45) is 0 Å². The maximum atomic E-state index is 13.0. The first kappa shape index (κ1) is 16.5. The lowest BCUT2D eigenvalue weighted by Gasteiger charge is -2.36. The quantitative estimate of drug-likeness (QED) is 0.709. The smallest absolute Gasteiger partial charge is 0.257 e. The Labute approximate surface area is 155 Å². The van der Waals surface area contributed by atoms with E-state index in [0.717, 1.165) is 23.8 Å². The van der Waals surface area contributed by atoms with E-state index in [1.54, 1.807) is 18.3 Å². The van der Waals surface area contributed by atoms with Gasteiger partial charge in [0.15, 0.2) is 5.82 Å². The fourth-order valence-electron chi connectivity index (χ4n) is 3.09. The van der Waals surface area contributed by atoms with Crippen LogP contribution in [-0.4, -0.2) is 56.7 Å². The van der Waals surface area contributed by atoms with Crippen LogP contribution in [0.5, 0.6) is 0 Å².